The summed E-state index contributed by atoms with van der Waals surface area (Å²) < 4.78 is 5.76. The van der Waals surface area contributed by atoms with Gasteiger partial charge in [-0.2, -0.15) is 0 Å². The minimum Gasteiger partial charge on any atom is -0.481 e. The smallest absolute Gasteiger partial charge is 0.260 e. The van der Waals surface area contributed by atoms with Crippen LogP contribution in [0.4, 0.5) is 5.69 Å². The van der Waals surface area contributed by atoms with Crippen LogP contribution < -0.4 is 15.8 Å². The fourth-order valence-corrected chi connectivity index (χ4v) is 2.00. The Kier molecular flexibility index (Phi) is 7.37. The first-order valence-electron chi connectivity index (χ1n) is 7.52. The summed E-state index contributed by atoms with van der Waals surface area (Å²) in [5, 5.41) is 2.89. The van der Waals surface area contributed by atoms with Gasteiger partial charge in [-0.3, -0.25) is 4.79 Å². The number of unbranched alkanes of at least 4 members (excludes halogenated alkanes) is 2. The lowest BCUT2D eigenvalue weighted by molar-refractivity contribution is -0.127. The first kappa shape index (κ1) is 17.1. The molecule has 1 atom stereocenters. The van der Waals surface area contributed by atoms with Crippen molar-refractivity contribution < 1.29 is 9.53 Å². The van der Waals surface area contributed by atoms with Crippen LogP contribution in [0.1, 0.15) is 38.7 Å². The number of ether oxygens (including phenoxy) is 1. The second-order valence-electron chi connectivity index (χ2n) is 5.12. The van der Waals surface area contributed by atoms with Crippen molar-refractivity contribution >= 4 is 11.6 Å². The van der Waals surface area contributed by atoms with Crippen LogP contribution >= 0.6 is 0 Å². The average Bonchev–Trinajstić information content (AvgIpc) is 2.46. The van der Waals surface area contributed by atoms with Crippen molar-refractivity contribution in [3.05, 3.63) is 36.4 Å². The first-order valence-corrected chi connectivity index (χ1v) is 7.52. The second kappa shape index (κ2) is 9.06. The number of benzene rings is 1. The van der Waals surface area contributed by atoms with E-state index in [1.54, 1.807) is 25.1 Å². The van der Waals surface area contributed by atoms with Crippen molar-refractivity contribution in [2.24, 2.45) is 0 Å². The molecule has 0 bridgehead atoms. The van der Waals surface area contributed by atoms with E-state index in [-0.39, 0.29) is 5.91 Å². The van der Waals surface area contributed by atoms with Gasteiger partial charge in [-0.05, 0) is 43.5 Å². The zero-order chi connectivity index (χ0) is 15.7. The Bertz CT molecular complexity index is 472. The third kappa shape index (κ3) is 5.90. The van der Waals surface area contributed by atoms with Crippen LogP contribution in [0.2, 0.25) is 0 Å². The van der Waals surface area contributed by atoms with Gasteiger partial charge in [0.2, 0.25) is 0 Å². The van der Waals surface area contributed by atoms with Crippen molar-refractivity contribution in [3.63, 3.8) is 0 Å². The van der Waals surface area contributed by atoms with Crippen molar-refractivity contribution in [1.29, 1.82) is 0 Å². The van der Waals surface area contributed by atoms with Gasteiger partial charge in [0.15, 0.2) is 6.10 Å². The molecule has 1 rings (SSSR count). The maximum absolute atomic E-state index is 12.0. The van der Waals surface area contributed by atoms with Crippen molar-refractivity contribution in [3.8, 4) is 5.75 Å². The first-order chi connectivity index (χ1) is 10.1. The lowest BCUT2D eigenvalue weighted by atomic mass is 10.1. The fraction of sp³-hybridized carbons (Fsp3) is 0.471. The third-order valence-electron chi connectivity index (χ3n) is 3.20. The van der Waals surface area contributed by atoms with Gasteiger partial charge in [0.1, 0.15) is 5.75 Å². The van der Waals surface area contributed by atoms with E-state index < -0.39 is 6.10 Å². The summed E-state index contributed by atoms with van der Waals surface area (Å²) in [5.74, 6) is 0.591. The Hall–Kier alpha value is -1.97. The molecular formula is C17H26N2O2. The number of carbonyl (C=O) groups is 1. The number of hydrogen-bond acceptors (Lipinski definition) is 3. The largest absolute Gasteiger partial charge is 0.481 e. The molecule has 3 N–H and O–H groups in total. The van der Waals surface area contributed by atoms with Crippen molar-refractivity contribution in [1.82, 2.24) is 5.32 Å². The zero-order valence-corrected chi connectivity index (χ0v) is 13.0. The molecule has 0 saturated heterocycles. The highest BCUT2D eigenvalue weighted by Gasteiger charge is 2.15. The molecule has 4 nitrogen and oxygen atoms in total. The van der Waals surface area contributed by atoms with E-state index in [9.17, 15) is 4.79 Å². The molecule has 4 heteroatoms. The average molecular weight is 290 g/mol. The lowest BCUT2D eigenvalue weighted by Crippen LogP contribution is -2.37. The summed E-state index contributed by atoms with van der Waals surface area (Å²) in [7, 11) is 0. The predicted octanol–water partition coefficient (Wildman–Crippen LogP) is 3.07. The molecule has 0 aromatic heterocycles. The van der Waals surface area contributed by atoms with Crippen LogP contribution in [0, 0.1) is 0 Å². The SMILES string of the molecule is C=CCc1cc(N)ccc1OC(C)C(=O)NCCCCC. The molecular weight excluding hydrogens is 264 g/mol. The van der Waals surface area contributed by atoms with Gasteiger partial charge in [0.25, 0.3) is 5.91 Å². The molecule has 0 aliphatic heterocycles. The molecule has 21 heavy (non-hydrogen) atoms. The molecule has 0 saturated carbocycles. The Morgan fingerprint density at radius 2 is 2.24 bits per heavy atom. The van der Waals surface area contributed by atoms with Gasteiger partial charge < -0.3 is 15.8 Å². The molecule has 0 spiro atoms. The molecule has 0 radical (unpaired) electrons. The van der Waals surface area contributed by atoms with Crippen LogP contribution in [0.3, 0.4) is 0 Å². The van der Waals surface area contributed by atoms with Crippen LogP contribution in [-0.4, -0.2) is 18.6 Å². The standard InChI is InChI=1S/C17H26N2O2/c1-4-6-7-11-19-17(20)13(3)21-16-10-9-15(18)12-14(16)8-5-2/h5,9-10,12-13H,2,4,6-8,11,18H2,1,3H3,(H,19,20). The highest BCUT2D eigenvalue weighted by molar-refractivity contribution is 5.80. The predicted molar refractivity (Wildman–Crippen MR) is 87.4 cm³/mol. The quantitative estimate of drug-likeness (QED) is 0.417. The second-order valence-corrected chi connectivity index (χ2v) is 5.12. The topological polar surface area (TPSA) is 64.3 Å². The molecule has 0 fully saturated rings. The molecule has 1 aromatic carbocycles. The van der Waals surface area contributed by atoms with E-state index >= 15 is 0 Å². The van der Waals surface area contributed by atoms with E-state index in [2.05, 4.69) is 18.8 Å². The molecule has 116 valence electrons. The van der Waals surface area contributed by atoms with Crippen LogP contribution in [0.25, 0.3) is 0 Å². The van der Waals surface area contributed by atoms with Crippen LogP contribution in [-0.2, 0) is 11.2 Å². The van der Waals surface area contributed by atoms with Crippen LogP contribution in [0.5, 0.6) is 5.75 Å². The minimum absolute atomic E-state index is 0.0903. The molecule has 0 heterocycles. The fourth-order valence-electron chi connectivity index (χ4n) is 2.00. The summed E-state index contributed by atoms with van der Waals surface area (Å²) in [6, 6.07) is 5.42. The number of rotatable bonds is 9. The number of hydrogen-bond donors (Lipinski definition) is 2. The molecule has 0 aliphatic rings. The van der Waals surface area contributed by atoms with E-state index in [0.29, 0.717) is 24.4 Å². The summed E-state index contributed by atoms with van der Waals surface area (Å²) in [6.45, 7) is 8.31. The van der Waals surface area contributed by atoms with Crippen molar-refractivity contribution in [2.45, 2.75) is 45.6 Å². The number of anilines is 1. The van der Waals surface area contributed by atoms with Gasteiger partial charge >= 0.3 is 0 Å². The van der Waals surface area contributed by atoms with Crippen molar-refractivity contribution in [2.75, 3.05) is 12.3 Å². The number of carbonyl (C=O) groups excluding carboxylic acids is 1. The maximum Gasteiger partial charge on any atom is 0.260 e. The summed E-state index contributed by atoms with van der Waals surface area (Å²) in [6.07, 6.45) is 5.18. The van der Waals surface area contributed by atoms with Gasteiger partial charge in [-0.15, -0.1) is 6.58 Å². The monoisotopic (exact) mass is 290 g/mol. The van der Waals surface area contributed by atoms with E-state index in [4.69, 9.17) is 10.5 Å². The summed E-state index contributed by atoms with van der Waals surface area (Å²) in [5.41, 5.74) is 7.39. The maximum atomic E-state index is 12.0. The summed E-state index contributed by atoms with van der Waals surface area (Å²) >= 11 is 0. The lowest BCUT2D eigenvalue weighted by Gasteiger charge is -2.17. The molecule has 1 unspecified atom stereocenters. The Balaban J connectivity index is 2.59. The zero-order valence-electron chi connectivity index (χ0n) is 13.0. The number of nitrogens with one attached hydrogen (secondary N) is 1. The number of nitrogen functional groups attached to an aromatic ring is 1. The Morgan fingerprint density at radius 3 is 2.90 bits per heavy atom. The van der Waals surface area contributed by atoms with E-state index in [0.717, 1.165) is 24.8 Å². The number of allylic oxidation sites excluding steroid dienone is 1. The number of nitrogens with two attached hydrogens (primary N) is 1. The summed E-state index contributed by atoms with van der Waals surface area (Å²) in [4.78, 5) is 12.0. The normalized spacial score (nSPS) is 11.7. The highest BCUT2D eigenvalue weighted by atomic mass is 16.5. The van der Waals surface area contributed by atoms with Gasteiger partial charge in [0.05, 0.1) is 0 Å². The van der Waals surface area contributed by atoms with Gasteiger partial charge in [-0.25, -0.2) is 0 Å². The highest BCUT2D eigenvalue weighted by Crippen LogP contribution is 2.23. The molecule has 1 amide bonds. The Morgan fingerprint density at radius 1 is 1.48 bits per heavy atom. The van der Waals surface area contributed by atoms with Gasteiger partial charge in [0, 0.05) is 12.2 Å². The number of amides is 1. The minimum atomic E-state index is -0.529. The van der Waals surface area contributed by atoms with Gasteiger partial charge in [-0.1, -0.05) is 25.8 Å². The Labute approximate surface area is 127 Å². The van der Waals surface area contributed by atoms with E-state index in [1.807, 2.05) is 6.07 Å². The molecule has 0 aliphatic carbocycles. The third-order valence-corrected chi connectivity index (χ3v) is 3.20. The van der Waals surface area contributed by atoms with E-state index in [1.165, 1.54) is 0 Å². The van der Waals surface area contributed by atoms with Crippen LogP contribution in [0.15, 0.2) is 30.9 Å². The molecule has 1 aromatic rings.